The van der Waals surface area contributed by atoms with Crippen molar-refractivity contribution in [1.29, 1.82) is 0 Å². The van der Waals surface area contributed by atoms with Gasteiger partial charge in [-0.2, -0.15) is 0 Å². The van der Waals surface area contributed by atoms with Crippen LogP contribution in [0, 0.1) is 5.82 Å². The number of amides is 2. The second kappa shape index (κ2) is 12.1. The number of carbonyl (C=O) groups is 2. The number of benzene rings is 1. The third kappa shape index (κ3) is 6.37. The SMILES string of the molecule is Cl.Cl.NCCC(=O)NCC1CCCCN1C(=O)c1cnc(-c2ccccc2F)s1. The summed E-state index contributed by atoms with van der Waals surface area (Å²) in [5.41, 5.74) is 5.79. The van der Waals surface area contributed by atoms with Crippen LogP contribution in [0.4, 0.5) is 4.39 Å². The van der Waals surface area contributed by atoms with Crippen LogP contribution >= 0.6 is 36.2 Å². The normalized spacial score (nSPS) is 15.8. The zero-order chi connectivity index (χ0) is 19.2. The zero-order valence-corrected chi connectivity index (χ0v) is 18.3. The van der Waals surface area contributed by atoms with Crippen molar-refractivity contribution in [3.8, 4) is 10.6 Å². The van der Waals surface area contributed by atoms with E-state index in [0.29, 0.717) is 35.1 Å². The van der Waals surface area contributed by atoms with Crippen LogP contribution in [0.3, 0.4) is 0 Å². The summed E-state index contributed by atoms with van der Waals surface area (Å²) in [5, 5.41) is 3.34. The van der Waals surface area contributed by atoms with Gasteiger partial charge >= 0.3 is 0 Å². The van der Waals surface area contributed by atoms with Crippen LogP contribution in [0.1, 0.15) is 35.4 Å². The molecule has 3 N–H and O–H groups in total. The number of nitrogens with one attached hydrogen (secondary N) is 1. The summed E-state index contributed by atoms with van der Waals surface area (Å²) in [6.07, 6.45) is 4.57. The second-order valence-corrected chi connectivity index (χ2v) is 7.53. The van der Waals surface area contributed by atoms with Crippen LogP contribution in [0.15, 0.2) is 30.5 Å². The predicted molar refractivity (Wildman–Crippen MR) is 117 cm³/mol. The van der Waals surface area contributed by atoms with Gasteiger partial charge in [-0.1, -0.05) is 12.1 Å². The molecule has 1 aromatic carbocycles. The van der Waals surface area contributed by atoms with Crippen molar-refractivity contribution < 1.29 is 14.0 Å². The van der Waals surface area contributed by atoms with Gasteiger partial charge in [-0.25, -0.2) is 9.37 Å². The number of hydrogen-bond donors (Lipinski definition) is 2. The summed E-state index contributed by atoms with van der Waals surface area (Å²) < 4.78 is 14.0. The Kier molecular flexibility index (Phi) is 10.5. The number of nitrogens with zero attached hydrogens (tertiary/aromatic N) is 2. The van der Waals surface area contributed by atoms with Crippen molar-refractivity contribution >= 4 is 48.0 Å². The average Bonchev–Trinajstić information content (AvgIpc) is 3.16. The molecule has 2 aromatic rings. The molecule has 6 nitrogen and oxygen atoms in total. The molecule has 3 rings (SSSR count). The van der Waals surface area contributed by atoms with Gasteiger partial charge in [0.1, 0.15) is 15.7 Å². The van der Waals surface area contributed by atoms with Gasteiger partial charge in [0.05, 0.1) is 6.20 Å². The number of piperidine rings is 1. The van der Waals surface area contributed by atoms with E-state index in [2.05, 4.69) is 10.3 Å². The fraction of sp³-hybridized carbons (Fsp3) is 0.421. The minimum Gasteiger partial charge on any atom is -0.354 e. The molecule has 1 atom stereocenters. The van der Waals surface area contributed by atoms with Gasteiger partial charge in [0, 0.05) is 37.7 Å². The van der Waals surface area contributed by atoms with Crippen molar-refractivity contribution in [2.24, 2.45) is 5.73 Å². The lowest BCUT2D eigenvalue weighted by atomic mass is 10.0. The molecule has 1 aromatic heterocycles. The molecule has 1 aliphatic rings. The predicted octanol–water partition coefficient (Wildman–Crippen LogP) is 3.25. The Morgan fingerprint density at radius 1 is 1.28 bits per heavy atom. The summed E-state index contributed by atoms with van der Waals surface area (Å²) in [4.78, 5) is 31.2. The standard InChI is InChI=1S/C19H23FN4O2S.2ClH/c20-15-7-2-1-6-14(15)18-23-12-16(27-18)19(26)24-10-4-3-5-13(24)11-22-17(25)8-9-21;;/h1-2,6-7,12-13H,3-5,8-11,21H2,(H,22,25);2*1H. The number of carbonyl (C=O) groups excluding carboxylic acids is 2. The van der Waals surface area contributed by atoms with Gasteiger partial charge in [0.15, 0.2) is 0 Å². The van der Waals surface area contributed by atoms with E-state index in [1.165, 1.54) is 23.6 Å². The van der Waals surface area contributed by atoms with Crippen molar-refractivity contribution in [2.45, 2.75) is 31.7 Å². The number of likely N-dealkylation sites (tertiary alicyclic amines) is 1. The van der Waals surface area contributed by atoms with Gasteiger partial charge < -0.3 is 16.0 Å². The number of hydrogen-bond acceptors (Lipinski definition) is 5. The first-order chi connectivity index (χ1) is 13.1. The first kappa shape index (κ1) is 25.3. The van der Waals surface area contributed by atoms with Gasteiger partial charge in [0.2, 0.25) is 5.91 Å². The van der Waals surface area contributed by atoms with E-state index in [4.69, 9.17) is 5.73 Å². The number of thiazole rings is 1. The molecule has 1 unspecified atom stereocenters. The van der Waals surface area contributed by atoms with E-state index in [9.17, 15) is 14.0 Å². The van der Waals surface area contributed by atoms with E-state index < -0.39 is 0 Å². The van der Waals surface area contributed by atoms with Gasteiger partial charge in [0.25, 0.3) is 5.91 Å². The first-order valence-corrected chi connectivity index (χ1v) is 9.90. The summed E-state index contributed by atoms with van der Waals surface area (Å²) in [5.74, 6) is -0.577. The highest BCUT2D eigenvalue weighted by atomic mass is 35.5. The monoisotopic (exact) mass is 462 g/mol. The number of rotatable bonds is 6. The van der Waals surface area contributed by atoms with Crippen LogP contribution in [0.5, 0.6) is 0 Å². The molecule has 1 aliphatic heterocycles. The van der Waals surface area contributed by atoms with Crippen molar-refractivity contribution in [3.63, 3.8) is 0 Å². The van der Waals surface area contributed by atoms with Crippen LogP contribution in [-0.2, 0) is 4.79 Å². The Hall–Kier alpha value is -1.74. The van der Waals surface area contributed by atoms with E-state index in [1.54, 1.807) is 23.1 Å². The molecule has 0 saturated carbocycles. The molecule has 0 radical (unpaired) electrons. The number of nitrogens with two attached hydrogens (primary N) is 1. The number of aromatic nitrogens is 1. The van der Waals surface area contributed by atoms with E-state index in [-0.39, 0.29) is 54.9 Å². The highest BCUT2D eigenvalue weighted by Crippen LogP contribution is 2.29. The number of halogens is 3. The Morgan fingerprint density at radius 2 is 2.03 bits per heavy atom. The highest BCUT2D eigenvalue weighted by Gasteiger charge is 2.29. The van der Waals surface area contributed by atoms with Gasteiger partial charge in [-0.15, -0.1) is 36.2 Å². The summed E-state index contributed by atoms with van der Waals surface area (Å²) >= 11 is 1.19. The average molecular weight is 463 g/mol. The fourth-order valence-electron chi connectivity index (χ4n) is 3.20. The minimum atomic E-state index is -0.357. The Bertz CT molecular complexity index is 821. The Labute approximate surface area is 185 Å². The molecule has 2 heterocycles. The van der Waals surface area contributed by atoms with Crippen LogP contribution in [0.2, 0.25) is 0 Å². The zero-order valence-electron chi connectivity index (χ0n) is 15.8. The third-order valence-corrected chi connectivity index (χ3v) is 5.63. The van der Waals surface area contributed by atoms with Crippen molar-refractivity contribution in [2.75, 3.05) is 19.6 Å². The summed E-state index contributed by atoms with van der Waals surface area (Å²) in [6, 6.07) is 6.34. The maximum Gasteiger partial charge on any atom is 0.265 e. The maximum atomic E-state index is 14.0. The van der Waals surface area contributed by atoms with E-state index in [0.717, 1.165) is 19.3 Å². The Morgan fingerprint density at radius 3 is 2.76 bits per heavy atom. The molecule has 2 amide bonds. The molecule has 1 fully saturated rings. The lowest BCUT2D eigenvalue weighted by Crippen LogP contribution is -2.49. The topological polar surface area (TPSA) is 88.3 Å². The maximum absolute atomic E-state index is 14.0. The second-order valence-electron chi connectivity index (χ2n) is 6.50. The Balaban J connectivity index is 0.00000210. The summed E-state index contributed by atoms with van der Waals surface area (Å²) in [7, 11) is 0. The molecule has 0 aliphatic carbocycles. The van der Waals surface area contributed by atoms with E-state index >= 15 is 0 Å². The third-order valence-electron chi connectivity index (χ3n) is 4.61. The molecule has 160 valence electrons. The lowest BCUT2D eigenvalue weighted by molar-refractivity contribution is -0.121. The highest BCUT2D eigenvalue weighted by molar-refractivity contribution is 7.16. The van der Waals surface area contributed by atoms with Crippen LogP contribution < -0.4 is 11.1 Å². The first-order valence-electron chi connectivity index (χ1n) is 9.08. The van der Waals surface area contributed by atoms with E-state index in [1.807, 2.05) is 0 Å². The van der Waals surface area contributed by atoms with Crippen molar-refractivity contribution in [1.82, 2.24) is 15.2 Å². The molecular weight excluding hydrogens is 438 g/mol. The molecule has 29 heavy (non-hydrogen) atoms. The summed E-state index contributed by atoms with van der Waals surface area (Å²) in [6.45, 7) is 1.37. The molecule has 0 spiro atoms. The molecule has 0 bridgehead atoms. The molecule has 1 saturated heterocycles. The molecular formula is C19H25Cl2FN4O2S. The van der Waals surface area contributed by atoms with Crippen molar-refractivity contribution in [3.05, 3.63) is 41.2 Å². The smallest absolute Gasteiger partial charge is 0.265 e. The van der Waals surface area contributed by atoms with Crippen LogP contribution in [0.25, 0.3) is 10.6 Å². The quantitative estimate of drug-likeness (QED) is 0.689. The van der Waals surface area contributed by atoms with Gasteiger partial charge in [-0.3, -0.25) is 9.59 Å². The fourth-order valence-corrected chi connectivity index (χ4v) is 4.10. The lowest BCUT2D eigenvalue weighted by Gasteiger charge is -2.35. The molecule has 10 heteroatoms. The van der Waals surface area contributed by atoms with Crippen LogP contribution in [-0.4, -0.2) is 47.4 Å². The minimum absolute atomic E-state index is 0. The largest absolute Gasteiger partial charge is 0.354 e. The van der Waals surface area contributed by atoms with Gasteiger partial charge in [-0.05, 0) is 31.4 Å².